The summed E-state index contributed by atoms with van der Waals surface area (Å²) in [5.74, 6) is -2.11. The lowest BCUT2D eigenvalue weighted by Crippen LogP contribution is -2.20. The number of halogens is 2. The van der Waals surface area contributed by atoms with Crippen LogP contribution in [0.5, 0.6) is 0 Å². The number of anilines is 1. The summed E-state index contributed by atoms with van der Waals surface area (Å²) in [6.07, 6.45) is 0.394. The first-order chi connectivity index (χ1) is 12.4. The fourth-order valence-electron chi connectivity index (χ4n) is 2.97. The Morgan fingerprint density at radius 3 is 2.33 bits per heavy atom. The molecule has 0 aliphatic carbocycles. The normalized spacial score (nSPS) is 19.2. The molecule has 0 saturated carbocycles. The first-order valence-corrected chi connectivity index (χ1v) is 10.3. The number of amides is 1. The van der Waals surface area contributed by atoms with Crippen molar-refractivity contribution in [2.75, 3.05) is 16.8 Å². The van der Waals surface area contributed by atoms with Crippen LogP contribution in [-0.2, 0) is 15.3 Å². The van der Waals surface area contributed by atoms with Crippen molar-refractivity contribution >= 4 is 21.6 Å². The standard InChI is InChI=1S/C18H21F2N3O3S/c1-18(2,3)15-9-16(23(22-15)14-4-5-27(25,26)10-14)21-17(24)11-6-12(19)8-13(20)7-11/h6-9,14H,4-5,10H2,1-3H3,(H,21,24)/t14-/m1/s1. The molecule has 0 bridgehead atoms. The minimum atomic E-state index is -3.15. The smallest absolute Gasteiger partial charge is 0.257 e. The Labute approximate surface area is 156 Å². The summed E-state index contributed by atoms with van der Waals surface area (Å²) in [5.41, 5.74) is 0.178. The predicted octanol–water partition coefficient (Wildman–Crippen LogP) is 3.07. The molecule has 1 aliphatic heterocycles. The average Bonchev–Trinajstić information content (AvgIpc) is 3.09. The van der Waals surface area contributed by atoms with Crippen molar-refractivity contribution < 1.29 is 22.0 Å². The van der Waals surface area contributed by atoms with Crippen molar-refractivity contribution in [3.05, 3.63) is 47.2 Å². The molecule has 3 rings (SSSR count). The fraction of sp³-hybridized carbons (Fsp3) is 0.444. The van der Waals surface area contributed by atoms with E-state index in [1.807, 2.05) is 20.8 Å². The van der Waals surface area contributed by atoms with Crippen molar-refractivity contribution in [3.8, 4) is 0 Å². The van der Waals surface area contributed by atoms with Gasteiger partial charge in [-0.3, -0.25) is 4.79 Å². The van der Waals surface area contributed by atoms with Gasteiger partial charge in [-0.05, 0) is 18.6 Å². The third-order valence-corrected chi connectivity index (χ3v) is 6.18. The molecule has 1 atom stereocenters. The highest BCUT2D eigenvalue weighted by atomic mass is 32.2. The van der Waals surface area contributed by atoms with Gasteiger partial charge in [0.15, 0.2) is 9.84 Å². The zero-order valence-corrected chi connectivity index (χ0v) is 16.1. The number of hydrogen-bond acceptors (Lipinski definition) is 4. The third-order valence-electron chi connectivity index (χ3n) is 4.42. The van der Waals surface area contributed by atoms with Gasteiger partial charge in [0.05, 0.1) is 23.2 Å². The van der Waals surface area contributed by atoms with E-state index in [2.05, 4.69) is 10.4 Å². The van der Waals surface area contributed by atoms with Crippen LogP contribution in [0.25, 0.3) is 0 Å². The quantitative estimate of drug-likeness (QED) is 0.863. The highest BCUT2D eigenvalue weighted by Crippen LogP contribution is 2.31. The molecule has 146 valence electrons. The van der Waals surface area contributed by atoms with Gasteiger partial charge < -0.3 is 5.32 Å². The second kappa shape index (κ2) is 6.70. The predicted molar refractivity (Wildman–Crippen MR) is 97.5 cm³/mol. The zero-order valence-electron chi connectivity index (χ0n) is 15.3. The van der Waals surface area contributed by atoms with Crippen LogP contribution >= 0.6 is 0 Å². The van der Waals surface area contributed by atoms with E-state index < -0.39 is 33.4 Å². The molecule has 6 nitrogen and oxygen atoms in total. The topological polar surface area (TPSA) is 81.1 Å². The number of carbonyl (C=O) groups is 1. The Morgan fingerprint density at radius 2 is 1.81 bits per heavy atom. The van der Waals surface area contributed by atoms with Gasteiger partial charge >= 0.3 is 0 Å². The van der Waals surface area contributed by atoms with Gasteiger partial charge in [-0.25, -0.2) is 21.9 Å². The summed E-state index contributed by atoms with van der Waals surface area (Å²) in [5, 5.41) is 7.11. The van der Waals surface area contributed by atoms with Gasteiger partial charge in [0.2, 0.25) is 0 Å². The van der Waals surface area contributed by atoms with E-state index in [0.717, 1.165) is 12.1 Å². The minimum absolute atomic E-state index is 0.0598. The SMILES string of the molecule is CC(C)(C)c1cc(NC(=O)c2cc(F)cc(F)c2)n([C@@H]2CCS(=O)(=O)C2)n1. The molecule has 27 heavy (non-hydrogen) atoms. The average molecular weight is 397 g/mol. The van der Waals surface area contributed by atoms with Crippen molar-refractivity contribution in [1.29, 1.82) is 0 Å². The Morgan fingerprint density at radius 1 is 1.19 bits per heavy atom. The molecule has 1 fully saturated rings. The summed E-state index contributed by atoms with van der Waals surface area (Å²) in [6.45, 7) is 5.83. The molecule has 9 heteroatoms. The van der Waals surface area contributed by atoms with E-state index >= 15 is 0 Å². The van der Waals surface area contributed by atoms with Gasteiger partial charge in [0.25, 0.3) is 5.91 Å². The van der Waals surface area contributed by atoms with E-state index in [4.69, 9.17) is 0 Å². The van der Waals surface area contributed by atoms with Crippen LogP contribution in [0.2, 0.25) is 0 Å². The number of nitrogens with zero attached hydrogens (tertiary/aromatic N) is 2. The number of sulfone groups is 1. The lowest BCUT2D eigenvalue weighted by molar-refractivity contribution is 0.102. The van der Waals surface area contributed by atoms with Crippen molar-refractivity contribution in [3.63, 3.8) is 0 Å². The summed E-state index contributed by atoms with van der Waals surface area (Å²) in [7, 11) is -3.15. The first-order valence-electron chi connectivity index (χ1n) is 8.52. The number of rotatable bonds is 3. The highest BCUT2D eigenvalue weighted by Gasteiger charge is 2.33. The second-order valence-corrected chi connectivity index (χ2v) is 10.0. The highest BCUT2D eigenvalue weighted by molar-refractivity contribution is 7.91. The molecule has 0 spiro atoms. The van der Waals surface area contributed by atoms with Crippen LogP contribution in [0.3, 0.4) is 0 Å². The van der Waals surface area contributed by atoms with Crippen LogP contribution in [0, 0.1) is 11.6 Å². The third kappa shape index (κ3) is 4.35. The Bertz CT molecular complexity index is 974. The number of benzene rings is 1. The van der Waals surface area contributed by atoms with Gasteiger partial charge in [0, 0.05) is 23.1 Å². The summed E-state index contributed by atoms with van der Waals surface area (Å²) < 4.78 is 52.0. The minimum Gasteiger partial charge on any atom is -0.307 e. The van der Waals surface area contributed by atoms with Crippen molar-refractivity contribution in [2.24, 2.45) is 0 Å². The van der Waals surface area contributed by atoms with Gasteiger partial charge in [0.1, 0.15) is 17.5 Å². The van der Waals surface area contributed by atoms with Gasteiger partial charge in [-0.15, -0.1) is 0 Å². The van der Waals surface area contributed by atoms with Crippen LogP contribution < -0.4 is 5.32 Å². The Hall–Kier alpha value is -2.29. The van der Waals surface area contributed by atoms with E-state index in [9.17, 15) is 22.0 Å². The number of nitrogens with one attached hydrogen (secondary N) is 1. The molecule has 2 aromatic rings. The molecule has 0 unspecified atom stereocenters. The Balaban J connectivity index is 1.96. The van der Waals surface area contributed by atoms with Gasteiger partial charge in [-0.1, -0.05) is 20.8 Å². The lowest BCUT2D eigenvalue weighted by Gasteiger charge is -2.15. The van der Waals surface area contributed by atoms with Crippen molar-refractivity contribution in [1.82, 2.24) is 9.78 Å². The number of carbonyl (C=O) groups excluding carboxylic acids is 1. The summed E-state index contributed by atoms with van der Waals surface area (Å²) >= 11 is 0. The van der Waals surface area contributed by atoms with E-state index in [1.165, 1.54) is 4.68 Å². The molecular formula is C18H21F2N3O3S. The molecule has 1 N–H and O–H groups in total. The second-order valence-electron chi connectivity index (χ2n) is 7.78. The molecule has 1 amide bonds. The maximum absolute atomic E-state index is 13.4. The largest absolute Gasteiger partial charge is 0.307 e. The van der Waals surface area contributed by atoms with E-state index in [-0.39, 0.29) is 22.5 Å². The maximum atomic E-state index is 13.4. The number of hydrogen-bond donors (Lipinski definition) is 1. The van der Waals surface area contributed by atoms with E-state index in [0.29, 0.717) is 24.0 Å². The van der Waals surface area contributed by atoms with Crippen LogP contribution in [0.15, 0.2) is 24.3 Å². The molecule has 1 aliphatic rings. The van der Waals surface area contributed by atoms with Crippen molar-refractivity contribution in [2.45, 2.75) is 38.6 Å². The molecular weight excluding hydrogens is 376 g/mol. The summed E-state index contributed by atoms with van der Waals surface area (Å²) in [4.78, 5) is 12.5. The molecule has 1 aromatic heterocycles. The number of aromatic nitrogens is 2. The van der Waals surface area contributed by atoms with Crippen LogP contribution in [0.4, 0.5) is 14.6 Å². The van der Waals surface area contributed by atoms with E-state index in [1.54, 1.807) is 6.07 Å². The Kier molecular flexibility index (Phi) is 4.83. The summed E-state index contributed by atoms with van der Waals surface area (Å²) in [6, 6.07) is 3.82. The monoisotopic (exact) mass is 397 g/mol. The molecule has 2 heterocycles. The maximum Gasteiger partial charge on any atom is 0.257 e. The molecule has 1 saturated heterocycles. The molecule has 0 radical (unpaired) electrons. The fourth-order valence-corrected chi connectivity index (χ4v) is 4.67. The molecule has 1 aromatic carbocycles. The van der Waals surface area contributed by atoms with Crippen LogP contribution in [-0.4, -0.2) is 35.6 Å². The van der Waals surface area contributed by atoms with Crippen LogP contribution in [0.1, 0.15) is 49.3 Å². The van der Waals surface area contributed by atoms with Gasteiger partial charge in [-0.2, -0.15) is 5.10 Å². The first kappa shape index (κ1) is 19.5. The lowest BCUT2D eigenvalue weighted by atomic mass is 9.92. The zero-order chi connectivity index (χ0) is 20.0.